The number of para-hydroxylation sites is 1. The number of thioether (sulfide) groups is 1. The van der Waals surface area contributed by atoms with Gasteiger partial charge in [0.2, 0.25) is 0 Å². The van der Waals surface area contributed by atoms with Crippen molar-refractivity contribution in [1.82, 2.24) is 5.32 Å². The Morgan fingerprint density at radius 3 is 3.00 bits per heavy atom. The molecule has 0 fully saturated rings. The van der Waals surface area contributed by atoms with E-state index in [1.165, 1.54) is 7.05 Å². The summed E-state index contributed by atoms with van der Waals surface area (Å²) in [5, 5.41) is 2.42. The van der Waals surface area contributed by atoms with Crippen LogP contribution in [0.25, 0.3) is 0 Å². The third-order valence-corrected chi connectivity index (χ3v) is 3.82. The van der Waals surface area contributed by atoms with E-state index in [1.54, 1.807) is 17.8 Å². The number of carbonyl (C=O) groups excluding carboxylic acids is 1. The number of rotatable bonds is 2. The van der Waals surface area contributed by atoms with Crippen LogP contribution in [0.2, 0.25) is 0 Å². The van der Waals surface area contributed by atoms with Gasteiger partial charge in [-0.05, 0) is 19.2 Å². The van der Waals surface area contributed by atoms with Crippen LogP contribution in [-0.2, 0) is 6.42 Å². The molecule has 1 aliphatic heterocycles. The fraction of sp³-hybridized carbons (Fsp3) is 0.417. The number of amides is 1. The van der Waals surface area contributed by atoms with Crippen LogP contribution in [0, 0.1) is 0 Å². The lowest BCUT2D eigenvalue weighted by molar-refractivity contribution is 0.190. The molecule has 17 heavy (non-hydrogen) atoms. The highest BCUT2D eigenvalue weighted by atomic mass is 32.2. The van der Waals surface area contributed by atoms with Crippen molar-refractivity contribution in [3.63, 3.8) is 0 Å². The minimum Gasteiger partial charge on any atom is -0.472 e. The summed E-state index contributed by atoms with van der Waals surface area (Å²) in [6.07, 6.45) is 2.33. The molecule has 4 nitrogen and oxygen atoms in total. The monoisotopic (exact) mass is 253 g/mol. The predicted octanol–water partition coefficient (Wildman–Crippen LogP) is 2.42. The number of hydrogen-bond acceptors (Lipinski definition) is 4. The van der Waals surface area contributed by atoms with Crippen LogP contribution in [0.15, 0.2) is 18.2 Å². The highest BCUT2D eigenvalue weighted by Crippen LogP contribution is 2.45. The Balaban J connectivity index is 2.28. The third kappa shape index (κ3) is 2.34. The van der Waals surface area contributed by atoms with Crippen molar-refractivity contribution in [2.75, 3.05) is 13.3 Å². The van der Waals surface area contributed by atoms with E-state index >= 15 is 0 Å². The molecule has 1 N–H and O–H groups in total. The highest BCUT2D eigenvalue weighted by molar-refractivity contribution is 7.99. The molecule has 1 atom stereocenters. The predicted molar refractivity (Wildman–Crippen MR) is 67.8 cm³/mol. The van der Waals surface area contributed by atoms with Gasteiger partial charge in [0.15, 0.2) is 16.4 Å². The van der Waals surface area contributed by atoms with Crippen LogP contribution in [0.1, 0.15) is 12.5 Å². The van der Waals surface area contributed by atoms with Gasteiger partial charge < -0.3 is 14.8 Å². The summed E-state index contributed by atoms with van der Waals surface area (Å²) in [5.74, 6) is 1.15. The van der Waals surface area contributed by atoms with Gasteiger partial charge in [-0.3, -0.25) is 0 Å². The van der Waals surface area contributed by atoms with E-state index in [9.17, 15) is 4.79 Å². The van der Waals surface area contributed by atoms with Gasteiger partial charge in [-0.1, -0.05) is 12.1 Å². The van der Waals surface area contributed by atoms with Crippen molar-refractivity contribution in [2.45, 2.75) is 18.3 Å². The Hall–Kier alpha value is -1.36. The van der Waals surface area contributed by atoms with Gasteiger partial charge in [-0.15, -0.1) is 11.8 Å². The maximum Gasteiger partial charge on any atom is 0.412 e. The van der Waals surface area contributed by atoms with E-state index < -0.39 is 6.09 Å². The molecule has 0 aliphatic carbocycles. The average Bonchev–Trinajstić information content (AvgIpc) is 2.67. The minimum absolute atomic E-state index is 0.273. The molecule has 5 heteroatoms. The first kappa shape index (κ1) is 12.1. The minimum atomic E-state index is -0.486. The van der Waals surface area contributed by atoms with Gasteiger partial charge in [0, 0.05) is 19.0 Å². The fourth-order valence-corrected chi connectivity index (χ4v) is 2.23. The zero-order valence-corrected chi connectivity index (χ0v) is 10.9. The van der Waals surface area contributed by atoms with E-state index in [0.717, 1.165) is 12.0 Å². The first-order chi connectivity index (χ1) is 8.08. The van der Waals surface area contributed by atoms with Gasteiger partial charge in [-0.25, -0.2) is 4.79 Å². The molecule has 1 aromatic carbocycles. The number of carbonyl (C=O) groups is 1. The average molecular weight is 253 g/mol. The Morgan fingerprint density at radius 2 is 2.35 bits per heavy atom. The van der Waals surface area contributed by atoms with Crippen molar-refractivity contribution in [1.29, 1.82) is 0 Å². The first-order valence-electron chi connectivity index (χ1n) is 5.33. The molecule has 1 unspecified atom stereocenters. The number of hydrogen-bond donors (Lipinski definition) is 1. The Bertz CT molecular complexity index is 449. The Labute approximate surface area is 105 Å². The smallest absolute Gasteiger partial charge is 0.412 e. The lowest BCUT2D eigenvalue weighted by Gasteiger charge is -2.21. The van der Waals surface area contributed by atoms with Crippen LogP contribution < -0.4 is 14.8 Å². The summed E-state index contributed by atoms with van der Waals surface area (Å²) >= 11 is 1.65. The van der Waals surface area contributed by atoms with E-state index in [1.807, 2.05) is 25.3 Å². The molecule has 1 amide bonds. The topological polar surface area (TPSA) is 47.6 Å². The molecule has 0 radical (unpaired) electrons. The fourth-order valence-electron chi connectivity index (χ4n) is 1.76. The van der Waals surface area contributed by atoms with Crippen molar-refractivity contribution < 1.29 is 14.3 Å². The van der Waals surface area contributed by atoms with Gasteiger partial charge in [0.05, 0.1) is 0 Å². The van der Waals surface area contributed by atoms with Crippen LogP contribution in [0.3, 0.4) is 0 Å². The Kier molecular flexibility index (Phi) is 3.19. The lowest BCUT2D eigenvalue weighted by atomic mass is 10.1. The normalized spacial score (nSPS) is 21.6. The second-order valence-corrected chi connectivity index (χ2v) is 5.27. The number of nitrogens with one attached hydrogen (secondary N) is 1. The molecule has 2 rings (SSSR count). The molecule has 0 saturated carbocycles. The number of ether oxygens (including phenoxy) is 2. The quantitative estimate of drug-likeness (QED) is 0.879. The van der Waals surface area contributed by atoms with Crippen molar-refractivity contribution in [3.05, 3.63) is 23.8 Å². The summed E-state index contributed by atoms with van der Waals surface area (Å²) < 4.78 is 11.0. The Morgan fingerprint density at radius 1 is 1.59 bits per heavy atom. The summed E-state index contributed by atoms with van der Waals surface area (Å²) in [6.45, 7) is 2.03. The van der Waals surface area contributed by atoms with Crippen molar-refractivity contribution in [3.8, 4) is 11.5 Å². The highest BCUT2D eigenvalue weighted by Gasteiger charge is 2.36. The van der Waals surface area contributed by atoms with Crippen LogP contribution >= 0.6 is 11.8 Å². The molecule has 1 aromatic rings. The zero-order chi connectivity index (χ0) is 12.5. The van der Waals surface area contributed by atoms with Crippen LogP contribution in [0.5, 0.6) is 11.5 Å². The van der Waals surface area contributed by atoms with Crippen LogP contribution in [0.4, 0.5) is 4.79 Å². The van der Waals surface area contributed by atoms with E-state index in [-0.39, 0.29) is 4.93 Å². The molecule has 1 heterocycles. The maximum absolute atomic E-state index is 11.2. The second kappa shape index (κ2) is 4.49. The molecule has 0 bridgehead atoms. The number of fused-ring (bicyclic) bond motifs is 1. The summed E-state index contributed by atoms with van der Waals surface area (Å²) in [4.78, 5) is 10.9. The SMILES string of the molecule is CNC(=O)Oc1cccc2c1OC(C)(SC)C2. The molecular weight excluding hydrogens is 238 g/mol. The van der Waals surface area contributed by atoms with Gasteiger partial charge in [0.1, 0.15) is 0 Å². The molecule has 1 aliphatic rings. The van der Waals surface area contributed by atoms with Crippen molar-refractivity contribution in [2.24, 2.45) is 0 Å². The maximum atomic E-state index is 11.2. The second-order valence-electron chi connectivity index (χ2n) is 4.00. The standard InChI is InChI=1S/C12H15NO3S/c1-12(17-3)7-8-5-4-6-9(10(8)16-12)15-11(14)13-2/h4-6H,7H2,1-3H3,(H,13,14). The summed E-state index contributed by atoms with van der Waals surface area (Å²) in [5.41, 5.74) is 1.07. The van der Waals surface area contributed by atoms with Gasteiger partial charge >= 0.3 is 6.09 Å². The van der Waals surface area contributed by atoms with E-state index in [0.29, 0.717) is 11.5 Å². The molecule has 92 valence electrons. The first-order valence-corrected chi connectivity index (χ1v) is 6.56. The molecule has 0 saturated heterocycles. The zero-order valence-electron chi connectivity index (χ0n) is 10.1. The van der Waals surface area contributed by atoms with Crippen LogP contribution in [-0.4, -0.2) is 24.3 Å². The van der Waals surface area contributed by atoms with Gasteiger partial charge in [0.25, 0.3) is 0 Å². The summed E-state index contributed by atoms with van der Waals surface area (Å²) in [6, 6.07) is 5.60. The van der Waals surface area contributed by atoms with E-state index in [4.69, 9.17) is 9.47 Å². The van der Waals surface area contributed by atoms with E-state index in [2.05, 4.69) is 5.32 Å². The third-order valence-electron chi connectivity index (χ3n) is 2.73. The van der Waals surface area contributed by atoms with Gasteiger partial charge in [-0.2, -0.15) is 0 Å². The lowest BCUT2D eigenvalue weighted by Crippen LogP contribution is -2.25. The summed E-state index contributed by atoms with van der Waals surface area (Å²) in [7, 11) is 1.53. The molecule has 0 aromatic heterocycles. The molecule has 0 spiro atoms. The van der Waals surface area contributed by atoms with Crippen molar-refractivity contribution >= 4 is 17.9 Å². The number of benzene rings is 1. The molecular formula is C12H15NO3S. The largest absolute Gasteiger partial charge is 0.472 e.